The normalized spacial score (nSPS) is 13.6. The number of rotatable bonds is 8. The fourth-order valence-electron chi connectivity index (χ4n) is 3.04. The summed E-state index contributed by atoms with van der Waals surface area (Å²) in [6.07, 6.45) is 4.86. The highest BCUT2D eigenvalue weighted by molar-refractivity contribution is 5.97. The van der Waals surface area contributed by atoms with Crippen LogP contribution >= 0.6 is 0 Å². The zero-order valence-corrected chi connectivity index (χ0v) is 16.0. The van der Waals surface area contributed by atoms with Gasteiger partial charge in [-0.3, -0.25) is 9.59 Å². The van der Waals surface area contributed by atoms with Gasteiger partial charge >= 0.3 is 0 Å². The van der Waals surface area contributed by atoms with Crippen molar-refractivity contribution in [3.63, 3.8) is 0 Å². The van der Waals surface area contributed by atoms with Crippen LogP contribution in [0.4, 0.5) is 0 Å². The summed E-state index contributed by atoms with van der Waals surface area (Å²) >= 11 is 0. The maximum absolute atomic E-state index is 12.8. The lowest BCUT2D eigenvalue weighted by atomic mass is 10.1. The molecule has 1 aromatic heterocycles. The second kappa shape index (κ2) is 8.99. The van der Waals surface area contributed by atoms with Crippen molar-refractivity contribution in [1.82, 2.24) is 24.7 Å². The Labute approximate surface area is 150 Å². The number of hydrogen-bond donors (Lipinski definition) is 1. The van der Waals surface area contributed by atoms with E-state index in [1.165, 1.54) is 0 Å². The molecule has 0 radical (unpaired) electrons. The number of unbranched alkanes of at least 4 members (excludes halogenated alkanes) is 1. The van der Waals surface area contributed by atoms with Gasteiger partial charge in [0.05, 0.1) is 5.69 Å². The molecule has 140 valence electrons. The van der Waals surface area contributed by atoms with Crippen LogP contribution in [-0.4, -0.2) is 71.9 Å². The molecule has 2 amide bonds. The van der Waals surface area contributed by atoms with Gasteiger partial charge in [0.1, 0.15) is 5.69 Å². The van der Waals surface area contributed by atoms with E-state index in [0.717, 1.165) is 50.9 Å². The highest BCUT2D eigenvalue weighted by atomic mass is 16.2. The van der Waals surface area contributed by atoms with E-state index in [9.17, 15) is 9.59 Å². The Morgan fingerprint density at radius 1 is 1.20 bits per heavy atom. The third-order valence-corrected chi connectivity index (χ3v) is 4.56. The van der Waals surface area contributed by atoms with Crippen LogP contribution in [0.2, 0.25) is 0 Å². The van der Waals surface area contributed by atoms with Gasteiger partial charge in [0.25, 0.3) is 11.8 Å². The zero-order chi connectivity index (χ0) is 18.4. The van der Waals surface area contributed by atoms with E-state index in [1.807, 2.05) is 30.6 Å². The van der Waals surface area contributed by atoms with E-state index in [-0.39, 0.29) is 11.8 Å². The van der Waals surface area contributed by atoms with Gasteiger partial charge in [-0.15, -0.1) is 0 Å². The minimum atomic E-state index is -0.194. The number of fused-ring (bicyclic) bond motifs is 1. The number of aromatic nitrogens is 2. The number of nitrogens with one attached hydrogen (secondary N) is 1. The van der Waals surface area contributed by atoms with Gasteiger partial charge in [0, 0.05) is 33.2 Å². The molecule has 2 heterocycles. The van der Waals surface area contributed by atoms with Crippen LogP contribution in [0.5, 0.6) is 0 Å². The second-order valence-electron chi connectivity index (χ2n) is 6.98. The predicted octanol–water partition coefficient (Wildman–Crippen LogP) is 1.38. The van der Waals surface area contributed by atoms with Gasteiger partial charge in [0.2, 0.25) is 0 Å². The molecule has 0 spiro atoms. The first-order valence-electron chi connectivity index (χ1n) is 9.23. The number of amides is 2. The fraction of sp³-hybridized carbons (Fsp3) is 0.722. The molecule has 2 rings (SSSR count). The lowest BCUT2D eigenvalue weighted by Crippen LogP contribution is -2.33. The highest BCUT2D eigenvalue weighted by Crippen LogP contribution is 2.22. The van der Waals surface area contributed by atoms with Gasteiger partial charge < -0.3 is 19.7 Å². The average Bonchev–Trinajstić information content (AvgIpc) is 2.98. The summed E-state index contributed by atoms with van der Waals surface area (Å²) in [6, 6.07) is 0. The number of likely N-dealkylation sites (N-methyl/N-ethyl adjacent to an activating group) is 1. The SMILES string of the molecule is CCCCN(C)C(=O)c1nc(C(=O)NCCN(C)C)n2c1CCCC2. The smallest absolute Gasteiger partial charge is 0.287 e. The van der Waals surface area contributed by atoms with Crippen molar-refractivity contribution >= 4 is 11.8 Å². The second-order valence-corrected chi connectivity index (χ2v) is 6.98. The number of nitrogens with zero attached hydrogens (tertiary/aromatic N) is 4. The van der Waals surface area contributed by atoms with Crippen molar-refractivity contribution in [2.24, 2.45) is 0 Å². The van der Waals surface area contributed by atoms with Crippen molar-refractivity contribution in [2.45, 2.75) is 45.6 Å². The van der Waals surface area contributed by atoms with Gasteiger partial charge in [-0.2, -0.15) is 0 Å². The predicted molar refractivity (Wildman–Crippen MR) is 97.9 cm³/mol. The molecular weight excluding hydrogens is 318 g/mol. The van der Waals surface area contributed by atoms with Crippen LogP contribution in [0.15, 0.2) is 0 Å². The molecular formula is C18H31N5O2. The number of hydrogen-bond acceptors (Lipinski definition) is 4. The Kier molecular flexibility index (Phi) is 6.99. The van der Waals surface area contributed by atoms with Crippen molar-refractivity contribution in [3.8, 4) is 0 Å². The highest BCUT2D eigenvalue weighted by Gasteiger charge is 2.28. The topological polar surface area (TPSA) is 70.5 Å². The van der Waals surface area contributed by atoms with Gasteiger partial charge in [-0.1, -0.05) is 13.3 Å². The molecule has 0 bridgehead atoms. The van der Waals surface area contributed by atoms with Crippen molar-refractivity contribution < 1.29 is 9.59 Å². The summed E-state index contributed by atoms with van der Waals surface area (Å²) in [6.45, 7) is 4.91. The molecule has 0 saturated carbocycles. The molecule has 1 aliphatic rings. The Morgan fingerprint density at radius 2 is 1.96 bits per heavy atom. The maximum atomic E-state index is 12.8. The van der Waals surface area contributed by atoms with E-state index in [0.29, 0.717) is 24.6 Å². The Hall–Kier alpha value is -1.89. The van der Waals surface area contributed by atoms with Crippen LogP contribution in [0.1, 0.15) is 59.4 Å². The molecule has 25 heavy (non-hydrogen) atoms. The van der Waals surface area contributed by atoms with Gasteiger partial charge in [-0.05, 0) is 39.8 Å². The fourth-order valence-corrected chi connectivity index (χ4v) is 3.04. The van der Waals surface area contributed by atoms with Gasteiger partial charge in [0.15, 0.2) is 5.82 Å². The molecule has 1 aromatic rings. The van der Waals surface area contributed by atoms with E-state index >= 15 is 0 Å². The average molecular weight is 349 g/mol. The van der Waals surface area contributed by atoms with Crippen molar-refractivity contribution in [3.05, 3.63) is 17.2 Å². The molecule has 0 aromatic carbocycles. The molecule has 0 unspecified atom stereocenters. The molecule has 7 heteroatoms. The Balaban J connectivity index is 2.20. The monoisotopic (exact) mass is 349 g/mol. The molecule has 0 aliphatic carbocycles. The summed E-state index contributed by atoms with van der Waals surface area (Å²) in [5.74, 6) is 0.104. The summed E-state index contributed by atoms with van der Waals surface area (Å²) in [7, 11) is 5.74. The maximum Gasteiger partial charge on any atom is 0.287 e. The number of carbonyl (C=O) groups excluding carboxylic acids is 2. The minimum absolute atomic E-state index is 0.0774. The Morgan fingerprint density at radius 3 is 2.64 bits per heavy atom. The van der Waals surface area contributed by atoms with Crippen LogP contribution in [0.25, 0.3) is 0 Å². The Bertz CT molecular complexity index is 609. The van der Waals surface area contributed by atoms with Crippen molar-refractivity contribution in [2.75, 3.05) is 40.8 Å². The molecule has 0 fully saturated rings. The summed E-state index contributed by atoms with van der Waals surface area (Å²) < 4.78 is 1.94. The summed E-state index contributed by atoms with van der Waals surface area (Å²) in [5, 5.41) is 2.91. The summed E-state index contributed by atoms with van der Waals surface area (Å²) in [4.78, 5) is 33.5. The largest absolute Gasteiger partial charge is 0.348 e. The summed E-state index contributed by atoms with van der Waals surface area (Å²) in [5.41, 5.74) is 1.37. The molecule has 0 atom stereocenters. The quantitative estimate of drug-likeness (QED) is 0.770. The lowest BCUT2D eigenvalue weighted by Gasteiger charge is -2.19. The first kappa shape index (κ1) is 19.4. The van der Waals surface area contributed by atoms with E-state index < -0.39 is 0 Å². The first-order valence-corrected chi connectivity index (χ1v) is 9.23. The molecule has 1 N–H and O–H groups in total. The zero-order valence-electron chi connectivity index (χ0n) is 16.0. The number of imidazole rings is 1. The van der Waals surface area contributed by atoms with Crippen molar-refractivity contribution in [1.29, 1.82) is 0 Å². The lowest BCUT2D eigenvalue weighted by molar-refractivity contribution is 0.0786. The standard InChI is InChI=1S/C18H31N5O2/c1-5-6-11-22(4)18(25)15-14-9-7-8-12-23(14)16(20-15)17(24)19-10-13-21(2)3/h5-13H2,1-4H3,(H,19,24). The van der Waals surface area contributed by atoms with Gasteiger partial charge in [-0.25, -0.2) is 4.98 Å². The molecule has 0 saturated heterocycles. The number of carbonyl (C=O) groups is 2. The molecule has 7 nitrogen and oxygen atoms in total. The van der Waals surface area contributed by atoms with Crippen LogP contribution in [0, 0.1) is 0 Å². The van der Waals surface area contributed by atoms with E-state index in [4.69, 9.17) is 0 Å². The van der Waals surface area contributed by atoms with Crippen LogP contribution in [0.3, 0.4) is 0 Å². The minimum Gasteiger partial charge on any atom is -0.348 e. The third-order valence-electron chi connectivity index (χ3n) is 4.56. The van der Waals surface area contributed by atoms with E-state index in [1.54, 1.807) is 4.90 Å². The third kappa shape index (κ3) is 4.81. The van der Waals surface area contributed by atoms with Crippen LogP contribution < -0.4 is 5.32 Å². The van der Waals surface area contributed by atoms with E-state index in [2.05, 4.69) is 17.2 Å². The van der Waals surface area contributed by atoms with Crippen LogP contribution in [-0.2, 0) is 13.0 Å². The first-order chi connectivity index (χ1) is 12.0. The molecule has 1 aliphatic heterocycles.